The Hall–Kier alpha value is -4.04. The van der Waals surface area contributed by atoms with E-state index in [-0.39, 0.29) is 11.4 Å². The number of hydrogen-bond donors (Lipinski definition) is 1. The summed E-state index contributed by atoms with van der Waals surface area (Å²) in [6.07, 6.45) is 1.64. The summed E-state index contributed by atoms with van der Waals surface area (Å²) in [5.41, 5.74) is 3.56. The van der Waals surface area contributed by atoms with Gasteiger partial charge >= 0.3 is 0 Å². The topological polar surface area (TPSA) is 84.9 Å². The van der Waals surface area contributed by atoms with Gasteiger partial charge in [-0.2, -0.15) is 0 Å². The van der Waals surface area contributed by atoms with Gasteiger partial charge in [0, 0.05) is 5.69 Å². The third-order valence-electron chi connectivity index (χ3n) is 5.29. The number of hydrogen-bond acceptors (Lipinski definition) is 6. The molecule has 1 N–H and O–H groups in total. The van der Waals surface area contributed by atoms with Gasteiger partial charge in [0.2, 0.25) is 5.91 Å². The minimum Gasteiger partial charge on any atom is -0.494 e. The Kier molecular flexibility index (Phi) is 8.07. The molecule has 1 heterocycles. The first-order valence-corrected chi connectivity index (χ1v) is 12.3. The molecule has 0 spiro atoms. The second-order valence-electron chi connectivity index (χ2n) is 8.12. The van der Waals surface area contributed by atoms with Crippen LogP contribution in [0.3, 0.4) is 0 Å². The van der Waals surface area contributed by atoms with E-state index in [1.54, 1.807) is 30.3 Å². The first-order chi connectivity index (χ1) is 17.4. The van der Waals surface area contributed by atoms with Gasteiger partial charge < -0.3 is 14.8 Å². The molecule has 8 heteroatoms. The van der Waals surface area contributed by atoms with E-state index in [0.717, 1.165) is 27.8 Å². The van der Waals surface area contributed by atoms with Gasteiger partial charge in [0.25, 0.3) is 11.1 Å². The van der Waals surface area contributed by atoms with Gasteiger partial charge in [0.05, 0.1) is 11.5 Å². The molecule has 7 nitrogen and oxygen atoms in total. The molecule has 184 valence electrons. The van der Waals surface area contributed by atoms with Crippen LogP contribution in [0.1, 0.15) is 23.6 Å². The molecule has 0 aliphatic carbocycles. The van der Waals surface area contributed by atoms with E-state index in [0.29, 0.717) is 30.4 Å². The van der Waals surface area contributed by atoms with E-state index in [1.807, 2.05) is 56.3 Å². The quantitative estimate of drug-likeness (QED) is 0.381. The highest BCUT2D eigenvalue weighted by Gasteiger charge is 2.36. The number of thioether (sulfide) groups is 1. The number of aryl methyl sites for hydroxylation is 1. The predicted molar refractivity (Wildman–Crippen MR) is 141 cm³/mol. The third-order valence-corrected chi connectivity index (χ3v) is 6.20. The number of benzene rings is 3. The first-order valence-electron chi connectivity index (χ1n) is 11.5. The lowest BCUT2D eigenvalue weighted by molar-refractivity contribution is -0.127. The number of nitrogens with zero attached hydrogens (tertiary/aromatic N) is 1. The minimum atomic E-state index is -0.494. The predicted octanol–water partition coefficient (Wildman–Crippen LogP) is 5.65. The molecule has 3 aromatic carbocycles. The molecule has 0 unspecified atom stereocenters. The summed E-state index contributed by atoms with van der Waals surface area (Å²) in [7, 11) is 0. The van der Waals surface area contributed by atoms with Crippen molar-refractivity contribution >= 4 is 40.6 Å². The van der Waals surface area contributed by atoms with Gasteiger partial charge in [-0.25, -0.2) is 0 Å². The number of imide groups is 1. The fourth-order valence-corrected chi connectivity index (χ4v) is 4.40. The second kappa shape index (κ2) is 11.6. The molecular formula is C28H26N2O5S. The summed E-state index contributed by atoms with van der Waals surface area (Å²) in [6, 6.07) is 22.3. The molecule has 0 atom stereocenters. The standard InChI is InChI=1S/C28H26N2O5S/c1-3-34-23-13-9-22(10-14-23)29-26(31)17-30-27(32)25(36-28(30)33)16-20-7-11-24(12-8-20)35-18-21-6-4-5-19(2)15-21/h4-16H,3,17-18H2,1-2H3,(H,29,31)/b25-16+. The number of nitrogens with one attached hydrogen (secondary N) is 1. The molecule has 3 amide bonds. The van der Waals surface area contributed by atoms with E-state index in [1.165, 1.54) is 5.56 Å². The molecule has 1 aliphatic rings. The van der Waals surface area contributed by atoms with Gasteiger partial charge in [-0.1, -0.05) is 42.0 Å². The lowest BCUT2D eigenvalue weighted by atomic mass is 10.1. The maximum atomic E-state index is 12.8. The van der Waals surface area contributed by atoms with Crippen molar-refractivity contribution in [1.29, 1.82) is 0 Å². The summed E-state index contributed by atoms with van der Waals surface area (Å²) in [5.74, 6) is 0.439. The van der Waals surface area contributed by atoms with Gasteiger partial charge in [-0.15, -0.1) is 0 Å². The van der Waals surface area contributed by atoms with Crippen molar-refractivity contribution in [3.8, 4) is 11.5 Å². The zero-order valence-corrected chi connectivity index (χ0v) is 20.8. The Balaban J connectivity index is 1.33. The molecule has 0 aromatic heterocycles. The Morgan fingerprint density at radius 3 is 2.36 bits per heavy atom. The molecule has 1 aliphatic heterocycles. The Labute approximate surface area is 214 Å². The third kappa shape index (κ3) is 6.55. The number of ether oxygens (including phenoxy) is 2. The SMILES string of the molecule is CCOc1ccc(NC(=O)CN2C(=O)S/C(=C/c3ccc(OCc4cccc(C)c4)cc3)C2=O)cc1. The fraction of sp³-hybridized carbons (Fsp3) is 0.179. The number of carbonyl (C=O) groups excluding carboxylic acids is 3. The lowest BCUT2D eigenvalue weighted by Crippen LogP contribution is -2.36. The molecule has 0 bridgehead atoms. The minimum absolute atomic E-state index is 0.266. The van der Waals surface area contributed by atoms with Crippen molar-refractivity contribution in [1.82, 2.24) is 4.90 Å². The summed E-state index contributed by atoms with van der Waals surface area (Å²) in [4.78, 5) is 38.8. The van der Waals surface area contributed by atoms with Gasteiger partial charge in [-0.05, 0) is 79.2 Å². The smallest absolute Gasteiger partial charge is 0.294 e. The maximum Gasteiger partial charge on any atom is 0.294 e. The summed E-state index contributed by atoms with van der Waals surface area (Å²) in [5, 5.41) is 2.21. The highest BCUT2D eigenvalue weighted by molar-refractivity contribution is 8.18. The van der Waals surface area contributed by atoms with Gasteiger partial charge in [-0.3, -0.25) is 19.3 Å². The van der Waals surface area contributed by atoms with E-state index in [4.69, 9.17) is 9.47 Å². The molecular weight excluding hydrogens is 476 g/mol. The van der Waals surface area contributed by atoms with E-state index in [2.05, 4.69) is 11.4 Å². The number of carbonyl (C=O) groups is 3. The van der Waals surface area contributed by atoms with Crippen molar-refractivity contribution in [3.05, 3.63) is 94.4 Å². The normalized spacial score (nSPS) is 14.3. The maximum absolute atomic E-state index is 12.8. The van der Waals surface area contributed by atoms with Crippen molar-refractivity contribution in [2.24, 2.45) is 0 Å². The van der Waals surface area contributed by atoms with Crippen molar-refractivity contribution in [2.45, 2.75) is 20.5 Å². The van der Waals surface area contributed by atoms with Crippen LogP contribution in [0.15, 0.2) is 77.7 Å². The monoisotopic (exact) mass is 502 g/mol. The van der Waals surface area contributed by atoms with Crippen molar-refractivity contribution in [3.63, 3.8) is 0 Å². The molecule has 1 fully saturated rings. The van der Waals surface area contributed by atoms with Crippen LogP contribution in [0.5, 0.6) is 11.5 Å². The van der Waals surface area contributed by atoms with Crippen LogP contribution in [0.2, 0.25) is 0 Å². The lowest BCUT2D eigenvalue weighted by Gasteiger charge is -2.12. The van der Waals surface area contributed by atoms with Crippen LogP contribution < -0.4 is 14.8 Å². The Morgan fingerprint density at radius 1 is 0.972 bits per heavy atom. The first kappa shape index (κ1) is 25.1. The zero-order valence-electron chi connectivity index (χ0n) is 20.0. The highest BCUT2D eigenvalue weighted by Crippen LogP contribution is 2.32. The average Bonchev–Trinajstić information content (AvgIpc) is 3.12. The average molecular weight is 503 g/mol. The van der Waals surface area contributed by atoms with Crippen LogP contribution in [-0.4, -0.2) is 35.1 Å². The highest BCUT2D eigenvalue weighted by atomic mass is 32.2. The number of rotatable bonds is 9. The molecule has 4 rings (SSSR count). The summed E-state index contributed by atoms with van der Waals surface area (Å²) >= 11 is 0.816. The van der Waals surface area contributed by atoms with Crippen molar-refractivity contribution in [2.75, 3.05) is 18.5 Å². The second-order valence-corrected chi connectivity index (χ2v) is 9.11. The van der Waals surface area contributed by atoms with Crippen LogP contribution in [0.25, 0.3) is 6.08 Å². The Morgan fingerprint density at radius 2 is 1.67 bits per heavy atom. The van der Waals surface area contributed by atoms with E-state index in [9.17, 15) is 14.4 Å². The van der Waals surface area contributed by atoms with Crippen LogP contribution in [0.4, 0.5) is 10.5 Å². The largest absolute Gasteiger partial charge is 0.494 e. The van der Waals surface area contributed by atoms with Crippen LogP contribution in [-0.2, 0) is 16.2 Å². The van der Waals surface area contributed by atoms with E-state index >= 15 is 0 Å². The van der Waals surface area contributed by atoms with Crippen LogP contribution in [0, 0.1) is 6.92 Å². The van der Waals surface area contributed by atoms with Crippen molar-refractivity contribution < 1.29 is 23.9 Å². The number of amides is 3. The molecule has 1 saturated heterocycles. The zero-order chi connectivity index (χ0) is 25.5. The van der Waals surface area contributed by atoms with E-state index < -0.39 is 17.1 Å². The fourth-order valence-electron chi connectivity index (χ4n) is 3.56. The molecule has 3 aromatic rings. The molecule has 36 heavy (non-hydrogen) atoms. The Bertz CT molecular complexity index is 1290. The van der Waals surface area contributed by atoms with Gasteiger partial charge in [0.1, 0.15) is 24.7 Å². The van der Waals surface area contributed by atoms with Crippen LogP contribution >= 0.6 is 11.8 Å². The molecule has 0 saturated carbocycles. The van der Waals surface area contributed by atoms with Gasteiger partial charge in [0.15, 0.2) is 0 Å². The molecule has 0 radical (unpaired) electrons. The number of anilines is 1. The summed E-state index contributed by atoms with van der Waals surface area (Å²) in [6.45, 7) is 4.57. The summed E-state index contributed by atoms with van der Waals surface area (Å²) < 4.78 is 11.2.